The Kier molecular flexibility index (Phi) is 5.96. The first-order chi connectivity index (χ1) is 13.8. The molecule has 0 fully saturated rings. The molecule has 1 amide bonds. The molecule has 1 N–H and O–H groups in total. The molecule has 152 valence electrons. The number of carbonyl (C=O) groups is 1. The van der Waals surface area contributed by atoms with E-state index in [-0.39, 0.29) is 22.9 Å². The third-order valence-electron chi connectivity index (χ3n) is 4.64. The number of nitrogens with zero attached hydrogens (tertiary/aromatic N) is 2. The predicted molar refractivity (Wildman–Crippen MR) is 110 cm³/mol. The van der Waals surface area contributed by atoms with E-state index in [1.807, 2.05) is 13.8 Å². The zero-order chi connectivity index (χ0) is 21.1. The van der Waals surface area contributed by atoms with E-state index >= 15 is 0 Å². The van der Waals surface area contributed by atoms with Gasteiger partial charge >= 0.3 is 0 Å². The van der Waals surface area contributed by atoms with Gasteiger partial charge in [0, 0.05) is 11.9 Å². The van der Waals surface area contributed by atoms with Gasteiger partial charge in [0.1, 0.15) is 0 Å². The van der Waals surface area contributed by atoms with Crippen LogP contribution in [0.25, 0.3) is 10.8 Å². The summed E-state index contributed by atoms with van der Waals surface area (Å²) in [5.41, 5.74) is 0.536. The molecule has 29 heavy (non-hydrogen) atoms. The number of carbonyl (C=O) groups excluding carboxylic acids is 1. The number of nitrogens with one attached hydrogen (secondary N) is 1. The van der Waals surface area contributed by atoms with Crippen molar-refractivity contribution >= 4 is 16.7 Å². The van der Waals surface area contributed by atoms with Crippen molar-refractivity contribution in [1.82, 2.24) is 15.1 Å². The molecule has 1 atom stereocenters. The summed E-state index contributed by atoms with van der Waals surface area (Å²) in [5, 5.41) is 8.11. The molecule has 0 saturated carbocycles. The molecule has 1 aromatic heterocycles. The Labute approximate surface area is 168 Å². The van der Waals surface area contributed by atoms with Crippen LogP contribution in [-0.2, 0) is 6.54 Å². The fourth-order valence-electron chi connectivity index (χ4n) is 3.17. The second-order valence-electron chi connectivity index (χ2n) is 7.36. The maximum absolute atomic E-state index is 14.0. The fraction of sp³-hybridized carbons (Fsp3) is 0.318. The molecule has 0 bridgehead atoms. The average molecular weight is 397 g/mol. The zero-order valence-electron chi connectivity index (χ0n) is 16.9. The van der Waals surface area contributed by atoms with Crippen molar-refractivity contribution in [1.29, 1.82) is 0 Å². The largest absolute Gasteiger partial charge is 0.494 e. The summed E-state index contributed by atoms with van der Waals surface area (Å²) < 4.78 is 20.3. The third-order valence-corrected chi connectivity index (χ3v) is 4.64. The molecular weight excluding hydrogens is 373 g/mol. The summed E-state index contributed by atoms with van der Waals surface area (Å²) in [4.78, 5) is 25.7. The molecule has 0 aliphatic rings. The van der Waals surface area contributed by atoms with Gasteiger partial charge in [-0.25, -0.2) is 9.07 Å². The maximum atomic E-state index is 14.0. The molecule has 7 heteroatoms. The summed E-state index contributed by atoms with van der Waals surface area (Å²) in [5.74, 6) is -0.596. The summed E-state index contributed by atoms with van der Waals surface area (Å²) in [6.07, 6.45) is 0. The van der Waals surface area contributed by atoms with Crippen molar-refractivity contribution in [3.05, 3.63) is 69.9 Å². The van der Waals surface area contributed by atoms with Gasteiger partial charge in [-0.2, -0.15) is 5.10 Å². The fourth-order valence-corrected chi connectivity index (χ4v) is 3.17. The number of rotatable bonds is 6. The highest BCUT2D eigenvalue weighted by Gasteiger charge is 2.19. The molecule has 6 nitrogen and oxygen atoms in total. The monoisotopic (exact) mass is 397 g/mol. The summed E-state index contributed by atoms with van der Waals surface area (Å²) in [6.45, 7) is 6.11. The van der Waals surface area contributed by atoms with Gasteiger partial charge in [0.05, 0.1) is 18.5 Å². The number of ether oxygens (including phenoxy) is 1. The van der Waals surface area contributed by atoms with Crippen LogP contribution in [0, 0.1) is 11.7 Å². The molecular formula is C22H24FN3O3. The minimum Gasteiger partial charge on any atom is -0.494 e. The number of methoxy groups -OCH3 is 1. The number of fused-ring (bicyclic) bond motifs is 1. The Hall–Kier alpha value is -3.22. The van der Waals surface area contributed by atoms with E-state index < -0.39 is 17.8 Å². The van der Waals surface area contributed by atoms with E-state index in [1.54, 1.807) is 37.3 Å². The number of aromatic nitrogens is 2. The smallest absolute Gasteiger partial charge is 0.274 e. The highest BCUT2D eigenvalue weighted by molar-refractivity contribution is 6.04. The van der Waals surface area contributed by atoms with Crippen LogP contribution in [0.15, 0.2) is 47.3 Å². The number of benzene rings is 2. The molecule has 2 aromatic carbocycles. The highest BCUT2D eigenvalue weighted by atomic mass is 19.1. The van der Waals surface area contributed by atoms with Crippen molar-refractivity contribution < 1.29 is 13.9 Å². The number of amides is 1. The van der Waals surface area contributed by atoms with Crippen LogP contribution in [0.2, 0.25) is 0 Å². The summed E-state index contributed by atoms with van der Waals surface area (Å²) in [7, 11) is 1.39. The molecule has 0 saturated heterocycles. The van der Waals surface area contributed by atoms with Crippen LogP contribution in [0.5, 0.6) is 5.75 Å². The lowest BCUT2D eigenvalue weighted by Crippen LogP contribution is -2.32. The lowest BCUT2D eigenvalue weighted by molar-refractivity contribution is 0.0934. The van der Waals surface area contributed by atoms with Crippen LogP contribution in [0.3, 0.4) is 0 Å². The van der Waals surface area contributed by atoms with Crippen LogP contribution >= 0.6 is 0 Å². The predicted octanol–water partition coefficient (Wildman–Crippen LogP) is 3.69. The van der Waals surface area contributed by atoms with E-state index in [0.717, 1.165) is 0 Å². The van der Waals surface area contributed by atoms with Crippen LogP contribution in [0.4, 0.5) is 4.39 Å². The topological polar surface area (TPSA) is 73.2 Å². The van der Waals surface area contributed by atoms with E-state index in [9.17, 15) is 14.0 Å². The molecule has 0 radical (unpaired) electrons. The van der Waals surface area contributed by atoms with Crippen molar-refractivity contribution in [3.8, 4) is 5.75 Å². The lowest BCUT2D eigenvalue weighted by Gasteiger charge is -2.17. The Morgan fingerprint density at radius 1 is 1.17 bits per heavy atom. The molecule has 0 unspecified atom stereocenters. The standard InChI is InChI=1S/C22H24FN3O3/c1-13(2)12-26-22(28)17-8-6-5-7-16(17)20(25-26)21(27)24-14(3)15-9-10-19(29-4)18(23)11-15/h5-11,13-14H,12H2,1-4H3,(H,24,27)/t14-/m1/s1. The van der Waals surface area contributed by atoms with Gasteiger partial charge in [0.25, 0.3) is 11.5 Å². The summed E-state index contributed by atoms with van der Waals surface area (Å²) in [6, 6.07) is 11.0. The Balaban J connectivity index is 1.97. The molecule has 3 aromatic rings. The van der Waals surface area contributed by atoms with Gasteiger partial charge in [-0.1, -0.05) is 38.1 Å². The van der Waals surface area contributed by atoms with Crippen LogP contribution in [0.1, 0.15) is 42.9 Å². The van der Waals surface area contributed by atoms with Gasteiger partial charge in [0.15, 0.2) is 17.3 Å². The van der Waals surface area contributed by atoms with E-state index in [4.69, 9.17) is 4.74 Å². The normalized spacial score (nSPS) is 12.2. The maximum Gasteiger partial charge on any atom is 0.274 e. The van der Waals surface area contributed by atoms with Crippen molar-refractivity contribution in [3.63, 3.8) is 0 Å². The van der Waals surface area contributed by atoms with Gasteiger partial charge in [-0.3, -0.25) is 9.59 Å². The number of halogens is 1. The first-order valence-corrected chi connectivity index (χ1v) is 9.46. The molecule has 0 aliphatic heterocycles. The van der Waals surface area contributed by atoms with Gasteiger partial charge in [-0.15, -0.1) is 0 Å². The summed E-state index contributed by atoms with van der Waals surface area (Å²) >= 11 is 0. The molecule has 0 spiro atoms. The molecule has 0 aliphatic carbocycles. The van der Waals surface area contributed by atoms with E-state index in [0.29, 0.717) is 22.9 Å². The average Bonchev–Trinajstić information content (AvgIpc) is 2.69. The van der Waals surface area contributed by atoms with E-state index in [1.165, 1.54) is 23.9 Å². The minimum absolute atomic E-state index is 0.140. The Morgan fingerprint density at radius 3 is 2.48 bits per heavy atom. The third kappa shape index (κ3) is 4.29. The molecule has 1 heterocycles. The van der Waals surface area contributed by atoms with Crippen LogP contribution < -0.4 is 15.6 Å². The highest BCUT2D eigenvalue weighted by Crippen LogP contribution is 2.22. The lowest BCUT2D eigenvalue weighted by atomic mass is 10.1. The number of hydrogen-bond acceptors (Lipinski definition) is 4. The first kappa shape index (κ1) is 20.5. The van der Waals surface area contributed by atoms with Gasteiger partial charge in [0.2, 0.25) is 0 Å². The van der Waals surface area contributed by atoms with Crippen molar-refractivity contribution in [2.75, 3.05) is 7.11 Å². The van der Waals surface area contributed by atoms with Crippen LogP contribution in [-0.4, -0.2) is 22.8 Å². The second-order valence-corrected chi connectivity index (χ2v) is 7.36. The molecule has 3 rings (SSSR count). The van der Waals surface area contributed by atoms with Crippen molar-refractivity contribution in [2.45, 2.75) is 33.4 Å². The quantitative estimate of drug-likeness (QED) is 0.689. The van der Waals surface area contributed by atoms with E-state index in [2.05, 4.69) is 10.4 Å². The van der Waals surface area contributed by atoms with Gasteiger partial charge in [-0.05, 0) is 36.6 Å². The first-order valence-electron chi connectivity index (χ1n) is 9.46. The zero-order valence-corrected chi connectivity index (χ0v) is 16.9. The Morgan fingerprint density at radius 2 is 1.86 bits per heavy atom. The second kappa shape index (κ2) is 8.43. The number of hydrogen-bond donors (Lipinski definition) is 1. The minimum atomic E-state index is -0.500. The van der Waals surface area contributed by atoms with Gasteiger partial charge < -0.3 is 10.1 Å². The SMILES string of the molecule is COc1ccc([C@@H](C)NC(=O)c2nn(CC(C)C)c(=O)c3ccccc23)cc1F. The van der Waals surface area contributed by atoms with Crippen molar-refractivity contribution in [2.24, 2.45) is 5.92 Å². The Bertz CT molecular complexity index is 1110.